The molecule has 176 valence electrons. The van der Waals surface area contributed by atoms with E-state index in [9.17, 15) is 14.4 Å². The van der Waals surface area contributed by atoms with Crippen molar-refractivity contribution in [1.29, 1.82) is 0 Å². The highest BCUT2D eigenvalue weighted by molar-refractivity contribution is 7.13. The van der Waals surface area contributed by atoms with Crippen molar-refractivity contribution in [3.63, 3.8) is 0 Å². The van der Waals surface area contributed by atoms with Gasteiger partial charge in [0.25, 0.3) is 0 Å². The zero-order valence-electron chi connectivity index (χ0n) is 18.8. The number of rotatable bonds is 8. The third-order valence-corrected chi connectivity index (χ3v) is 6.78. The van der Waals surface area contributed by atoms with Crippen LogP contribution >= 0.6 is 11.3 Å². The Morgan fingerprint density at radius 1 is 1.06 bits per heavy atom. The summed E-state index contributed by atoms with van der Waals surface area (Å²) in [7, 11) is 0. The SMILES string of the molecule is CC(NC(=O)Cc1csc(NC(=O)OCC2c3ccccc3-c3ccccc32)n1)C(C)C(=O)O. The van der Waals surface area contributed by atoms with E-state index >= 15 is 0 Å². The van der Waals surface area contributed by atoms with Gasteiger partial charge in [-0.25, -0.2) is 9.78 Å². The summed E-state index contributed by atoms with van der Waals surface area (Å²) in [6.45, 7) is 3.37. The lowest BCUT2D eigenvalue weighted by Crippen LogP contribution is -2.40. The average molecular weight is 480 g/mol. The second kappa shape index (κ2) is 10.0. The number of aromatic nitrogens is 1. The molecule has 0 spiro atoms. The number of benzene rings is 2. The number of hydrogen-bond acceptors (Lipinski definition) is 6. The van der Waals surface area contributed by atoms with Gasteiger partial charge < -0.3 is 15.2 Å². The Labute approximate surface area is 201 Å². The number of ether oxygens (including phenoxy) is 1. The van der Waals surface area contributed by atoms with Gasteiger partial charge >= 0.3 is 12.1 Å². The molecule has 2 atom stereocenters. The molecule has 2 amide bonds. The molecule has 3 aromatic rings. The zero-order valence-corrected chi connectivity index (χ0v) is 19.6. The van der Waals surface area contributed by atoms with Crippen molar-refractivity contribution in [1.82, 2.24) is 10.3 Å². The summed E-state index contributed by atoms with van der Waals surface area (Å²) in [5, 5.41) is 16.3. The first-order valence-electron chi connectivity index (χ1n) is 10.9. The number of nitrogens with zero attached hydrogens (tertiary/aromatic N) is 1. The fourth-order valence-electron chi connectivity index (χ4n) is 3.98. The molecule has 4 rings (SSSR count). The lowest BCUT2D eigenvalue weighted by Gasteiger charge is -2.17. The summed E-state index contributed by atoms with van der Waals surface area (Å²) >= 11 is 1.19. The Bertz CT molecular complexity index is 1180. The lowest BCUT2D eigenvalue weighted by atomic mass is 9.98. The molecule has 9 heteroatoms. The molecule has 0 saturated carbocycles. The molecule has 0 aliphatic heterocycles. The summed E-state index contributed by atoms with van der Waals surface area (Å²) < 4.78 is 5.52. The Morgan fingerprint density at radius 2 is 1.68 bits per heavy atom. The first kappa shape index (κ1) is 23.4. The van der Waals surface area contributed by atoms with Crippen molar-refractivity contribution in [2.24, 2.45) is 5.92 Å². The topological polar surface area (TPSA) is 118 Å². The van der Waals surface area contributed by atoms with Gasteiger partial charge in [-0.15, -0.1) is 11.3 Å². The van der Waals surface area contributed by atoms with Crippen molar-refractivity contribution in [2.45, 2.75) is 32.2 Å². The average Bonchev–Trinajstić information content (AvgIpc) is 3.38. The van der Waals surface area contributed by atoms with Gasteiger partial charge in [-0.3, -0.25) is 14.9 Å². The van der Waals surface area contributed by atoms with Crippen LogP contribution in [0, 0.1) is 5.92 Å². The molecule has 0 bridgehead atoms. The second-order valence-corrected chi connectivity index (χ2v) is 9.11. The molecule has 34 heavy (non-hydrogen) atoms. The van der Waals surface area contributed by atoms with Crippen molar-refractivity contribution < 1.29 is 24.2 Å². The van der Waals surface area contributed by atoms with Gasteiger partial charge in [-0.2, -0.15) is 0 Å². The zero-order chi connectivity index (χ0) is 24.2. The number of fused-ring (bicyclic) bond motifs is 3. The summed E-state index contributed by atoms with van der Waals surface area (Å²) in [6, 6.07) is 15.7. The Hall–Kier alpha value is -3.72. The molecule has 1 aliphatic rings. The summed E-state index contributed by atoms with van der Waals surface area (Å²) in [5.74, 6) is -2.05. The van der Waals surface area contributed by atoms with E-state index in [1.54, 1.807) is 12.3 Å². The minimum absolute atomic E-state index is 0.0143. The maximum atomic E-state index is 12.4. The maximum Gasteiger partial charge on any atom is 0.413 e. The predicted octanol–water partition coefficient (Wildman–Crippen LogP) is 4.27. The minimum atomic E-state index is -0.976. The van der Waals surface area contributed by atoms with Crippen LogP contribution in [0.4, 0.5) is 9.93 Å². The van der Waals surface area contributed by atoms with E-state index in [0.29, 0.717) is 10.8 Å². The third-order valence-electron chi connectivity index (χ3n) is 5.97. The minimum Gasteiger partial charge on any atom is -0.481 e. The van der Waals surface area contributed by atoms with Crippen molar-refractivity contribution in [3.8, 4) is 11.1 Å². The van der Waals surface area contributed by atoms with E-state index in [1.807, 2.05) is 24.3 Å². The number of carboxylic acids is 1. The molecular formula is C25H25N3O5S. The quantitative estimate of drug-likeness (QED) is 0.444. The van der Waals surface area contributed by atoms with E-state index < -0.39 is 24.0 Å². The van der Waals surface area contributed by atoms with Gasteiger partial charge in [-0.1, -0.05) is 48.5 Å². The first-order chi connectivity index (χ1) is 16.3. The fourth-order valence-corrected chi connectivity index (χ4v) is 4.67. The first-order valence-corrected chi connectivity index (χ1v) is 11.8. The molecule has 2 unspecified atom stereocenters. The Kier molecular flexibility index (Phi) is 6.93. The summed E-state index contributed by atoms with van der Waals surface area (Å²) in [4.78, 5) is 39.9. The largest absolute Gasteiger partial charge is 0.481 e. The van der Waals surface area contributed by atoms with Gasteiger partial charge in [0.15, 0.2) is 5.13 Å². The molecule has 3 N–H and O–H groups in total. The second-order valence-electron chi connectivity index (χ2n) is 8.25. The van der Waals surface area contributed by atoms with Gasteiger partial charge in [0.1, 0.15) is 6.61 Å². The van der Waals surface area contributed by atoms with Crippen molar-refractivity contribution in [2.75, 3.05) is 11.9 Å². The normalized spacial score (nSPS) is 13.9. The van der Waals surface area contributed by atoms with Crippen LogP contribution in [0.5, 0.6) is 0 Å². The van der Waals surface area contributed by atoms with Crippen LogP contribution in [0.3, 0.4) is 0 Å². The maximum absolute atomic E-state index is 12.4. The molecule has 0 saturated heterocycles. The summed E-state index contributed by atoms with van der Waals surface area (Å²) in [6.07, 6.45) is -0.629. The van der Waals surface area contributed by atoms with Crippen LogP contribution in [-0.4, -0.2) is 40.7 Å². The van der Waals surface area contributed by atoms with Crippen LogP contribution in [0.2, 0.25) is 0 Å². The number of amides is 2. The molecule has 8 nitrogen and oxygen atoms in total. The smallest absolute Gasteiger partial charge is 0.413 e. The van der Waals surface area contributed by atoms with E-state index in [4.69, 9.17) is 9.84 Å². The number of carbonyl (C=O) groups excluding carboxylic acids is 2. The number of aliphatic carboxylic acids is 1. The number of carboxylic acid groups (broad SMARTS) is 1. The van der Waals surface area contributed by atoms with Crippen LogP contribution in [-0.2, 0) is 20.7 Å². The molecule has 0 fully saturated rings. The van der Waals surface area contributed by atoms with E-state index in [0.717, 1.165) is 22.3 Å². The van der Waals surface area contributed by atoms with E-state index in [2.05, 4.69) is 39.9 Å². The predicted molar refractivity (Wildman–Crippen MR) is 129 cm³/mol. The third kappa shape index (κ3) is 5.09. The van der Waals surface area contributed by atoms with Crippen LogP contribution < -0.4 is 10.6 Å². The molecule has 1 aliphatic carbocycles. The molecule has 1 aromatic heterocycles. The molecule has 1 heterocycles. The highest BCUT2D eigenvalue weighted by Crippen LogP contribution is 2.44. The van der Waals surface area contributed by atoms with Crippen LogP contribution in [0.1, 0.15) is 36.6 Å². The van der Waals surface area contributed by atoms with Crippen molar-refractivity contribution in [3.05, 3.63) is 70.7 Å². The summed E-state index contributed by atoms with van der Waals surface area (Å²) in [5.41, 5.74) is 5.05. The van der Waals surface area contributed by atoms with E-state index in [-0.39, 0.29) is 24.9 Å². The fraction of sp³-hybridized carbons (Fsp3) is 0.280. The van der Waals surface area contributed by atoms with Gasteiger partial charge in [0.05, 0.1) is 18.0 Å². The molecular weight excluding hydrogens is 454 g/mol. The number of nitrogens with one attached hydrogen (secondary N) is 2. The van der Waals surface area contributed by atoms with E-state index in [1.165, 1.54) is 18.3 Å². The Morgan fingerprint density at radius 3 is 2.29 bits per heavy atom. The van der Waals surface area contributed by atoms with Crippen LogP contribution in [0.15, 0.2) is 53.9 Å². The van der Waals surface area contributed by atoms with Crippen LogP contribution in [0.25, 0.3) is 11.1 Å². The number of anilines is 1. The highest BCUT2D eigenvalue weighted by Gasteiger charge is 2.29. The number of thiazole rings is 1. The highest BCUT2D eigenvalue weighted by atomic mass is 32.1. The molecule has 2 aromatic carbocycles. The van der Waals surface area contributed by atoms with Gasteiger partial charge in [0, 0.05) is 17.3 Å². The van der Waals surface area contributed by atoms with Gasteiger partial charge in [0.2, 0.25) is 5.91 Å². The number of hydrogen-bond donors (Lipinski definition) is 3. The molecule has 0 radical (unpaired) electrons. The number of carbonyl (C=O) groups is 3. The standard InChI is InChI=1S/C25H25N3O5S/c1-14(23(30)31)15(2)26-22(29)11-16-13-34-24(27-16)28-25(32)33-12-21-19-9-5-3-7-17(19)18-8-4-6-10-20(18)21/h3-10,13-15,21H,11-12H2,1-2H3,(H,26,29)(H,30,31)(H,27,28,32). The van der Waals surface area contributed by atoms with Gasteiger partial charge in [-0.05, 0) is 36.1 Å². The van der Waals surface area contributed by atoms with Crippen molar-refractivity contribution >= 4 is 34.4 Å². The Balaban J connectivity index is 1.31. The monoisotopic (exact) mass is 479 g/mol. The lowest BCUT2D eigenvalue weighted by molar-refractivity contribution is -0.142.